The maximum absolute atomic E-state index is 12.5. The van der Waals surface area contributed by atoms with Gasteiger partial charge in [0.1, 0.15) is 30.3 Å². The van der Waals surface area contributed by atoms with Crippen molar-refractivity contribution in [3.05, 3.63) is 94.5 Å². The lowest BCUT2D eigenvalue weighted by Crippen LogP contribution is -2.15. The summed E-state index contributed by atoms with van der Waals surface area (Å²) in [6.07, 6.45) is 0. The Hall–Kier alpha value is -3.87. The van der Waals surface area contributed by atoms with Gasteiger partial charge < -0.3 is 14.8 Å². The molecule has 0 atom stereocenters. The lowest BCUT2D eigenvalue weighted by Gasteiger charge is -2.13. The second-order valence-corrected chi connectivity index (χ2v) is 5.73. The van der Waals surface area contributed by atoms with Gasteiger partial charge in [0.2, 0.25) is 0 Å². The molecule has 28 heavy (non-hydrogen) atoms. The summed E-state index contributed by atoms with van der Waals surface area (Å²) in [7, 11) is 0. The molecule has 0 radical (unpaired) electrons. The Morgan fingerprint density at radius 3 is 2.29 bits per heavy atom. The van der Waals surface area contributed by atoms with Gasteiger partial charge in [0.15, 0.2) is 0 Å². The summed E-state index contributed by atoms with van der Waals surface area (Å²) in [5.41, 5.74) is 0.148. The normalized spacial score (nSPS) is 10.1. The van der Waals surface area contributed by atoms with E-state index in [0.717, 1.165) is 5.75 Å². The fourth-order valence-electron chi connectivity index (χ4n) is 2.54. The van der Waals surface area contributed by atoms with Crippen LogP contribution in [-0.2, 0) is 0 Å². The molecular weight excluding hydrogens is 360 g/mol. The number of carbonyl (C=O) groups is 1. The first-order valence-electron chi connectivity index (χ1n) is 8.59. The molecule has 0 aliphatic carbocycles. The van der Waals surface area contributed by atoms with Crippen LogP contribution in [0.25, 0.3) is 0 Å². The Morgan fingerprint density at radius 1 is 0.857 bits per heavy atom. The average molecular weight is 378 g/mol. The molecule has 7 nitrogen and oxygen atoms in total. The predicted molar refractivity (Wildman–Crippen MR) is 105 cm³/mol. The molecule has 0 aromatic heterocycles. The first-order chi connectivity index (χ1) is 13.6. The number of amides is 1. The zero-order valence-corrected chi connectivity index (χ0v) is 14.9. The van der Waals surface area contributed by atoms with Gasteiger partial charge in [-0.3, -0.25) is 14.9 Å². The number of nitrogens with one attached hydrogen (secondary N) is 1. The van der Waals surface area contributed by atoms with Crippen molar-refractivity contribution < 1.29 is 19.2 Å². The molecule has 3 aromatic rings. The van der Waals surface area contributed by atoms with Crippen molar-refractivity contribution in [2.45, 2.75) is 0 Å². The number of hydrogen-bond donors (Lipinski definition) is 1. The van der Waals surface area contributed by atoms with Crippen LogP contribution < -0.4 is 14.8 Å². The Balaban J connectivity index is 1.64. The number of anilines is 1. The molecule has 1 N–H and O–H groups in total. The number of rotatable bonds is 8. The molecule has 0 bridgehead atoms. The summed E-state index contributed by atoms with van der Waals surface area (Å²) in [4.78, 5) is 23.0. The Labute approximate surface area is 161 Å². The highest BCUT2D eigenvalue weighted by Crippen LogP contribution is 2.26. The van der Waals surface area contributed by atoms with Gasteiger partial charge in [-0.25, -0.2) is 0 Å². The van der Waals surface area contributed by atoms with Crippen LogP contribution in [-0.4, -0.2) is 24.0 Å². The minimum absolute atomic E-state index is 0.0188. The molecular formula is C21H18N2O5. The molecule has 0 aliphatic heterocycles. The zero-order chi connectivity index (χ0) is 19.8. The van der Waals surface area contributed by atoms with E-state index in [2.05, 4.69) is 5.32 Å². The van der Waals surface area contributed by atoms with Gasteiger partial charge in [-0.1, -0.05) is 42.5 Å². The largest absolute Gasteiger partial charge is 0.490 e. The molecule has 0 heterocycles. The smallest absolute Gasteiger partial charge is 0.282 e. The standard InChI is InChI=1S/C21H18N2O5/c24-21(17-10-4-6-12-19(17)23(25)26)22-18-11-5-7-13-20(18)28-15-14-27-16-8-2-1-3-9-16/h1-13H,14-15H2,(H,22,24). The van der Waals surface area contributed by atoms with E-state index < -0.39 is 10.8 Å². The van der Waals surface area contributed by atoms with E-state index in [9.17, 15) is 14.9 Å². The Bertz CT molecular complexity index is 960. The zero-order valence-electron chi connectivity index (χ0n) is 14.9. The predicted octanol–water partition coefficient (Wildman–Crippen LogP) is 4.30. The van der Waals surface area contributed by atoms with Gasteiger partial charge in [-0.2, -0.15) is 0 Å². The number of hydrogen-bond acceptors (Lipinski definition) is 5. The fourth-order valence-corrected chi connectivity index (χ4v) is 2.54. The third kappa shape index (κ3) is 4.85. The second-order valence-electron chi connectivity index (χ2n) is 5.73. The van der Waals surface area contributed by atoms with Gasteiger partial charge in [-0.05, 0) is 30.3 Å². The van der Waals surface area contributed by atoms with Gasteiger partial charge in [0.25, 0.3) is 11.6 Å². The first-order valence-corrected chi connectivity index (χ1v) is 8.59. The van der Waals surface area contributed by atoms with Gasteiger partial charge in [-0.15, -0.1) is 0 Å². The molecule has 3 aromatic carbocycles. The Kier molecular flexibility index (Phi) is 6.20. The third-order valence-corrected chi connectivity index (χ3v) is 3.83. The monoisotopic (exact) mass is 378 g/mol. The third-order valence-electron chi connectivity index (χ3n) is 3.83. The quantitative estimate of drug-likeness (QED) is 0.358. The highest BCUT2D eigenvalue weighted by Gasteiger charge is 2.20. The van der Waals surface area contributed by atoms with E-state index in [0.29, 0.717) is 18.0 Å². The number of nitrogens with zero attached hydrogens (tertiary/aromatic N) is 1. The molecule has 0 saturated carbocycles. The molecule has 7 heteroatoms. The van der Waals surface area contributed by atoms with Crippen LogP contribution in [0.15, 0.2) is 78.9 Å². The number of carbonyl (C=O) groups excluding carboxylic acids is 1. The lowest BCUT2D eigenvalue weighted by atomic mass is 10.1. The van der Waals surface area contributed by atoms with Crippen LogP contribution in [0.4, 0.5) is 11.4 Å². The van der Waals surface area contributed by atoms with Crippen molar-refractivity contribution in [3.63, 3.8) is 0 Å². The van der Waals surface area contributed by atoms with E-state index in [1.807, 2.05) is 30.3 Å². The molecule has 0 unspecified atom stereocenters. The van der Waals surface area contributed by atoms with Gasteiger partial charge >= 0.3 is 0 Å². The lowest BCUT2D eigenvalue weighted by molar-refractivity contribution is -0.385. The SMILES string of the molecule is O=C(Nc1ccccc1OCCOc1ccccc1)c1ccccc1[N+](=O)[O-]. The maximum Gasteiger partial charge on any atom is 0.282 e. The summed E-state index contributed by atoms with van der Waals surface area (Å²) in [6, 6.07) is 22.0. The minimum atomic E-state index is -0.585. The number of nitro groups is 1. The van der Waals surface area contributed by atoms with Crippen molar-refractivity contribution in [1.29, 1.82) is 0 Å². The fraction of sp³-hybridized carbons (Fsp3) is 0.0952. The highest BCUT2D eigenvalue weighted by molar-refractivity contribution is 6.07. The van der Waals surface area contributed by atoms with Crippen molar-refractivity contribution in [2.24, 2.45) is 0 Å². The molecule has 0 spiro atoms. The summed E-state index contributed by atoms with van der Waals surface area (Å²) in [6.45, 7) is 0.601. The van der Waals surface area contributed by atoms with Crippen molar-refractivity contribution >= 4 is 17.3 Å². The molecule has 0 saturated heterocycles. The summed E-state index contributed by atoms with van der Waals surface area (Å²) < 4.78 is 11.3. The van der Waals surface area contributed by atoms with E-state index in [4.69, 9.17) is 9.47 Å². The molecule has 3 rings (SSSR count). The summed E-state index contributed by atoms with van der Waals surface area (Å²) in [5, 5.41) is 13.8. The molecule has 0 fully saturated rings. The van der Waals surface area contributed by atoms with Crippen LogP contribution in [0.3, 0.4) is 0 Å². The number of nitro benzene ring substituents is 1. The molecule has 142 valence electrons. The summed E-state index contributed by atoms with van der Waals surface area (Å²) in [5.74, 6) is 0.610. The van der Waals surface area contributed by atoms with Crippen LogP contribution in [0.1, 0.15) is 10.4 Å². The number of benzene rings is 3. The van der Waals surface area contributed by atoms with Crippen LogP contribution in [0.5, 0.6) is 11.5 Å². The maximum atomic E-state index is 12.5. The highest BCUT2D eigenvalue weighted by atomic mass is 16.6. The van der Waals surface area contributed by atoms with E-state index >= 15 is 0 Å². The topological polar surface area (TPSA) is 90.7 Å². The number of ether oxygens (including phenoxy) is 2. The molecule has 1 amide bonds. The van der Waals surface area contributed by atoms with Gasteiger partial charge in [0, 0.05) is 6.07 Å². The second kappa shape index (κ2) is 9.18. The molecule has 0 aliphatic rings. The van der Waals surface area contributed by atoms with E-state index in [1.54, 1.807) is 30.3 Å². The summed E-state index contributed by atoms with van der Waals surface area (Å²) >= 11 is 0. The van der Waals surface area contributed by atoms with Crippen LogP contribution in [0.2, 0.25) is 0 Å². The Morgan fingerprint density at radius 2 is 1.50 bits per heavy atom. The van der Waals surface area contributed by atoms with Crippen molar-refractivity contribution in [2.75, 3.05) is 18.5 Å². The van der Waals surface area contributed by atoms with E-state index in [1.165, 1.54) is 18.2 Å². The van der Waals surface area contributed by atoms with Crippen LogP contribution >= 0.6 is 0 Å². The van der Waals surface area contributed by atoms with Crippen molar-refractivity contribution in [1.82, 2.24) is 0 Å². The first kappa shape index (κ1) is 18.9. The number of para-hydroxylation sites is 4. The van der Waals surface area contributed by atoms with Crippen LogP contribution in [0, 0.1) is 10.1 Å². The average Bonchev–Trinajstić information content (AvgIpc) is 2.73. The van der Waals surface area contributed by atoms with E-state index in [-0.39, 0.29) is 17.9 Å². The minimum Gasteiger partial charge on any atom is -0.490 e. The van der Waals surface area contributed by atoms with Crippen molar-refractivity contribution in [3.8, 4) is 11.5 Å². The van der Waals surface area contributed by atoms with Gasteiger partial charge in [0.05, 0.1) is 10.6 Å².